The van der Waals surface area contributed by atoms with E-state index in [1.807, 2.05) is 0 Å². The molecule has 1 unspecified atom stereocenters. The molecule has 1 N–H and O–H groups in total. The minimum atomic E-state index is 0.123. The largest absolute Gasteiger partial charge is 0.470 e. The van der Waals surface area contributed by atoms with Crippen LogP contribution >= 0.6 is 15.9 Å². The zero-order valence-electron chi connectivity index (χ0n) is 8.04. The van der Waals surface area contributed by atoms with Gasteiger partial charge in [-0.15, -0.1) is 0 Å². The maximum absolute atomic E-state index is 5.73. The molecule has 0 radical (unpaired) electrons. The number of oxime groups is 1. The van der Waals surface area contributed by atoms with E-state index in [4.69, 9.17) is 9.57 Å². The molecule has 2 aliphatic rings. The van der Waals surface area contributed by atoms with Gasteiger partial charge in [0.25, 0.3) is 0 Å². The molecule has 0 aromatic rings. The van der Waals surface area contributed by atoms with Crippen molar-refractivity contribution in [3.8, 4) is 0 Å². The van der Waals surface area contributed by atoms with Crippen LogP contribution in [-0.4, -0.2) is 37.0 Å². The first-order chi connectivity index (χ1) is 6.90. The third kappa shape index (κ3) is 2.39. The molecule has 0 spiro atoms. The normalized spacial score (nSPS) is 28.9. The molecular weight excluding hydrogens is 248 g/mol. The van der Waals surface area contributed by atoms with Gasteiger partial charge >= 0.3 is 0 Å². The topological polar surface area (TPSA) is 42.8 Å². The molecule has 4 nitrogen and oxygen atoms in total. The summed E-state index contributed by atoms with van der Waals surface area (Å²) in [7, 11) is 0. The summed E-state index contributed by atoms with van der Waals surface area (Å²) in [4.78, 5) is 5.15. The molecule has 2 aliphatic heterocycles. The van der Waals surface area contributed by atoms with Crippen LogP contribution in [0.4, 0.5) is 0 Å². The Labute approximate surface area is 92.1 Å². The van der Waals surface area contributed by atoms with Crippen LogP contribution in [0.5, 0.6) is 0 Å². The van der Waals surface area contributed by atoms with Crippen LogP contribution in [0.3, 0.4) is 0 Å². The van der Waals surface area contributed by atoms with Gasteiger partial charge in [0.1, 0.15) is 6.10 Å². The molecule has 0 aromatic carbocycles. The fraction of sp³-hybridized carbons (Fsp3) is 0.889. The predicted octanol–water partition coefficient (Wildman–Crippen LogP) is 1.11. The fourth-order valence-electron chi connectivity index (χ4n) is 1.73. The Morgan fingerprint density at radius 2 is 2.21 bits per heavy atom. The van der Waals surface area contributed by atoms with Crippen LogP contribution in [0.1, 0.15) is 12.8 Å². The molecule has 5 heteroatoms. The van der Waals surface area contributed by atoms with E-state index in [2.05, 4.69) is 26.4 Å². The molecule has 0 saturated carbocycles. The van der Waals surface area contributed by atoms with Gasteiger partial charge in [0.15, 0.2) is 6.61 Å². The Kier molecular flexibility index (Phi) is 3.64. The van der Waals surface area contributed by atoms with E-state index < -0.39 is 0 Å². The van der Waals surface area contributed by atoms with E-state index in [0.717, 1.165) is 37.2 Å². The van der Waals surface area contributed by atoms with Crippen molar-refractivity contribution in [1.82, 2.24) is 5.32 Å². The van der Waals surface area contributed by atoms with Crippen LogP contribution in [0, 0.1) is 5.92 Å². The number of hydrogen-bond donors (Lipinski definition) is 1. The highest BCUT2D eigenvalue weighted by molar-refractivity contribution is 9.09. The average Bonchev–Trinajstić information content (AvgIpc) is 2.30. The van der Waals surface area contributed by atoms with Gasteiger partial charge in [0, 0.05) is 11.2 Å². The molecule has 80 valence electrons. The summed E-state index contributed by atoms with van der Waals surface area (Å²) in [5, 5.41) is 8.12. The second kappa shape index (κ2) is 4.98. The minimum absolute atomic E-state index is 0.123. The smallest absolute Gasteiger partial charge is 0.229 e. The van der Waals surface area contributed by atoms with Crippen LogP contribution in [-0.2, 0) is 9.57 Å². The number of halogens is 1. The van der Waals surface area contributed by atoms with E-state index in [1.165, 1.54) is 0 Å². The monoisotopic (exact) mass is 262 g/mol. The van der Waals surface area contributed by atoms with Crippen molar-refractivity contribution < 1.29 is 9.57 Å². The number of hydrogen-bond acceptors (Lipinski definition) is 4. The second-order valence-electron chi connectivity index (χ2n) is 3.64. The van der Waals surface area contributed by atoms with Gasteiger partial charge in [-0.2, -0.15) is 0 Å². The Morgan fingerprint density at radius 1 is 1.43 bits per heavy atom. The Hall–Kier alpha value is -0.290. The molecule has 2 heterocycles. The van der Waals surface area contributed by atoms with Crippen LogP contribution in [0.25, 0.3) is 0 Å². The van der Waals surface area contributed by atoms with Crippen molar-refractivity contribution in [3.05, 3.63) is 0 Å². The molecule has 0 bridgehead atoms. The fourth-order valence-corrected chi connectivity index (χ4v) is 2.05. The Balaban J connectivity index is 1.92. The first-order valence-electron chi connectivity index (χ1n) is 5.03. The molecule has 1 fully saturated rings. The molecule has 2 rings (SSSR count). The summed E-state index contributed by atoms with van der Waals surface area (Å²) in [5.41, 5.74) is 0. The standard InChI is InChI=1S/C9H15BrN2O2/c10-5-8-6-13-12-9(14-8)7-1-3-11-4-2-7/h7-8,11H,1-6H2. The summed E-state index contributed by atoms with van der Waals surface area (Å²) < 4.78 is 5.73. The van der Waals surface area contributed by atoms with Crippen molar-refractivity contribution in [2.24, 2.45) is 11.1 Å². The minimum Gasteiger partial charge on any atom is -0.470 e. The highest BCUT2D eigenvalue weighted by atomic mass is 79.9. The molecule has 1 saturated heterocycles. The van der Waals surface area contributed by atoms with Crippen molar-refractivity contribution in [2.45, 2.75) is 18.9 Å². The highest BCUT2D eigenvalue weighted by Gasteiger charge is 2.26. The van der Waals surface area contributed by atoms with Crippen LogP contribution < -0.4 is 5.32 Å². The maximum atomic E-state index is 5.73. The zero-order valence-corrected chi connectivity index (χ0v) is 9.63. The molecule has 0 aromatic heterocycles. The summed E-state index contributed by atoms with van der Waals surface area (Å²) in [5.74, 6) is 1.24. The third-order valence-electron chi connectivity index (χ3n) is 2.56. The lowest BCUT2D eigenvalue weighted by Gasteiger charge is -2.28. The molecule has 0 amide bonds. The van der Waals surface area contributed by atoms with Crippen molar-refractivity contribution in [1.29, 1.82) is 0 Å². The SMILES string of the molecule is BrCC1CON=C(C2CCNCC2)O1. The average molecular weight is 263 g/mol. The molecule has 14 heavy (non-hydrogen) atoms. The predicted molar refractivity (Wildman–Crippen MR) is 57.6 cm³/mol. The number of nitrogens with one attached hydrogen (secondary N) is 1. The highest BCUT2D eigenvalue weighted by Crippen LogP contribution is 2.19. The molecular formula is C9H15BrN2O2. The van der Waals surface area contributed by atoms with Crippen molar-refractivity contribution >= 4 is 21.8 Å². The van der Waals surface area contributed by atoms with E-state index in [-0.39, 0.29) is 6.10 Å². The van der Waals surface area contributed by atoms with Crippen molar-refractivity contribution in [3.63, 3.8) is 0 Å². The third-order valence-corrected chi connectivity index (χ3v) is 3.29. The number of ether oxygens (including phenoxy) is 1. The van der Waals surface area contributed by atoms with Crippen LogP contribution in [0.2, 0.25) is 0 Å². The lowest BCUT2D eigenvalue weighted by atomic mass is 9.98. The van der Waals surface area contributed by atoms with E-state index in [9.17, 15) is 0 Å². The number of nitrogens with zero attached hydrogens (tertiary/aromatic N) is 1. The van der Waals surface area contributed by atoms with Gasteiger partial charge in [0.05, 0.1) is 0 Å². The van der Waals surface area contributed by atoms with Crippen LogP contribution in [0.15, 0.2) is 5.16 Å². The molecule has 1 atom stereocenters. The molecule has 0 aliphatic carbocycles. The quantitative estimate of drug-likeness (QED) is 0.759. The number of alkyl halides is 1. The van der Waals surface area contributed by atoms with E-state index in [1.54, 1.807) is 0 Å². The van der Waals surface area contributed by atoms with Gasteiger partial charge in [-0.05, 0) is 25.9 Å². The first-order valence-corrected chi connectivity index (χ1v) is 6.15. The second-order valence-corrected chi connectivity index (χ2v) is 4.29. The summed E-state index contributed by atoms with van der Waals surface area (Å²) >= 11 is 3.39. The van der Waals surface area contributed by atoms with Gasteiger partial charge in [-0.3, -0.25) is 0 Å². The Morgan fingerprint density at radius 3 is 2.93 bits per heavy atom. The van der Waals surface area contributed by atoms with E-state index >= 15 is 0 Å². The van der Waals surface area contributed by atoms with Crippen molar-refractivity contribution in [2.75, 3.05) is 25.0 Å². The first kappa shape index (κ1) is 10.2. The summed E-state index contributed by atoms with van der Waals surface area (Å²) in [6, 6.07) is 0. The lowest BCUT2D eigenvalue weighted by Crippen LogP contribution is -2.38. The number of rotatable bonds is 2. The van der Waals surface area contributed by atoms with E-state index in [0.29, 0.717) is 12.5 Å². The van der Waals surface area contributed by atoms with Gasteiger partial charge in [-0.1, -0.05) is 21.1 Å². The van der Waals surface area contributed by atoms with Gasteiger partial charge < -0.3 is 14.9 Å². The number of piperidine rings is 1. The Bertz CT molecular complexity index is 217. The lowest BCUT2D eigenvalue weighted by molar-refractivity contribution is 0.0129. The summed E-state index contributed by atoms with van der Waals surface area (Å²) in [6.07, 6.45) is 2.31. The maximum Gasteiger partial charge on any atom is 0.229 e. The van der Waals surface area contributed by atoms with Gasteiger partial charge in [0.2, 0.25) is 5.90 Å². The van der Waals surface area contributed by atoms with Gasteiger partial charge in [-0.25, -0.2) is 0 Å². The zero-order chi connectivity index (χ0) is 9.80. The summed E-state index contributed by atoms with van der Waals surface area (Å²) in [6.45, 7) is 2.65.